The first-order valence-electron chi connectivity index (χ1n) is 8.99. The average molecular weight is 354 g/mol. The Morgan fingerprint density at radius 2 is 1.84 bits per heavy atom. The molecule has 1 heterocycles. The lowest BCUT2D eigenvalue weighted by Gasteiger charge is -2.36. The Labute approximate surface area is 151 Å². The van der Waals surface area contributed by atoms with Crippen LogP contribution in [-0.4, -0.2) is 16.7 Å². The van der Waals surface area contributed by atoms with Crippen molar-refractivity contribution in [3.63, 3.8) is 0 Å². The number of aryl methyl sites for hydroxylation is 1. The molecule has 1 amide bonds. The summed E-state index contributed by atoms with van der Waals surface area (Å²) in [5.41, 5.74) is 2.05. The quantitative estimate of drug-likeness (QED) is 0.886. The van der Waals surface area contributed by atoms with E-state index in [1.165, 1.54) is 11.3 Å². The maximum Gasteiger partial charge on any atom is 0.229 e. The minimum atomic E-state index is -0.0580. The van der Waals surface area contributed by atoms with Gasteiger partial charge < -0.3 is 5.32 Å². The second-order valence-electron chi connectivity index (χ2n) is 7.18. The minimum Gasteiger partial charge on any atom is -0.302 e. The average Bonchev–Trinajstić information content (AvgIpc) is 2.95. The smallest absolute Gasteiger partial charge is 0.229 e. The SMILES string of the molecule is Cc1nc(NC(=O)C2C[C@H]3CCC[C@@H](C2)C3=O)sc1-c1ccccc1. The van der Waals surface area contributed by atoms with Crippen molar-refractivity contribution in [1.29, 1.82) is 0 Å². The fourth-order valence-electron chi connectivity index (χ4n) is 4.21. The van der Waals surface area contributed by atoms with Crippen molar-refractivity contribution in [2.45, 2.75) is 39.0 Å². The van der Waals surface area contributed by atoms with E-state index in [0.29, 0.717) is 23.8 Å². The van der Waals surface area contributed by atoms with E-state index in [4.69, 9.17) is 0 Å². The maximum absolute atomic E-state index is 12.7. The number of aromatic nitrogens is 1. The number of carbonyl (C=O) groups is 2. The van der Waals surface area contributed by atoms with E-state index in [9.17, 15) is 9.59 Å². The van der Waals surface area contributed by atoms with Gasteiger partial charge in [0.25, 0.3) is 0 Å². The third-order valence-electron chi connectivity index (χ3n) is 5.48. The molecule has 2 aliphatic carbocycles. The third-order valence-corrected chi connectivity index (χ3v) is 6.60. The van der Waals surface area contributed by atoms with Crippen LogP contribution in [0.1, 0.15) is 37.8 Å². The fraction of sp³-hybridized carbons (Fsp3) is 0.450. The highest BCUT2D eigenvalue weighted by Crippen LogP contribution is 2.41. The molecule has 1 aromatic heterocycles. The van der Waals surface area contributed by atoms with Crippen molar-refractivity contribution in [1.82, 2.24) is 4.98 Å². The van der Waals surface area contributed by atoms with Gasteiger partial charge in [-0.05, 0) is 38.2 Å². The molecule has 2 aliphatic rings. The van der Waals surface area contributed by atoms with Gasteiger partial charge in [-0.25, -0.2) is 4.98 Å². The van der Waals surface area contributed by atoms with Crippen LogP contribution in [0.2, 0.25) is 0 Å². The molecule has 0 saturated heterocycles. The van der Waals surface area contributed by atoms with Crippen LogP contribution in [0.5, 0.6) is 0 Å². The molecule has 0 spiro atoms. The predicted molar refractivity (Wildman–Crippen MR) is 99.5 cm³/mol. The number of anilines is 1. The Balaban J connectivity index is 1.48. The molecule has 130 valence electrons. The van der Waals surface area contributed by atoms with Gasteiger partial charge in [0.2, 0.25) is 5.91 Å². The molecule has 2 aromatic rings. The van der Waals surface area contributed by atoms with E-state index >= 15 is 0 Å². The third kappa shape index (κ3) is 3.25. The van der Waals surface area contributed by atoms with Crippen LogP contribution in [0.4, 0.5) is 5.13 Å². The van der Waals surface area contributed by atoms with E-state index in [-0.39, 0.29) is 23.7 Å². The lowest BCUT2D eigenvalue weighted by atomic mass is 9.67. The lowest BCUT2D eigenvalue weighted by Crippen LogP contribution is -2.40. The summed E-state index contributed by atoms with van der Waals surface area (Å²) in [6, 6.07) is 10.1. The number of amides is 1. The Morgan fingerprint density at radius 1 is 1.16 bits per heavy atom. The first-order valence-corrected chi connectivity index (χ1v) is 9.81. The summed E-state index contributed by atoms with van der Waals surface area (Å²) in [6.07, 6.45) is 4.44. The first kappa shape index (κ1) is 16.5. The van der Waals surface area contributed by atoms with Crippen molar-refractivity contribution < 1.29 is 9.59 Å². The molecule has 0 radical (unpaired) electrons. The number of ketones is 1. The number of nitrogens with zero attached hydrogens (tertiary/aromatic N) is 1. The molecule has 2 fully saturated rings. The largest absolute Gasteiger partial charge is 0.302 e. The summed E-state index contributed by atoms with van der Waals surface area (Å²) >= 11 is 1.52. The Morgan fingerprint density at radius 3 is 2.52 bits per heavy atom. The Bertz CT molecular complexity index is 783. The summed E-state index contributed by atoms with van der Waals surface area (Å²) in [5.74, 6) is 0.559. The number of hydrogen-bond donors (Lipinski definition) is 1. The predicted octanol–water partition coefficient (Wildman–Crippen LogP) is 4.45. The lowest BCUT2D eigenvalue weighted by molar-refractivity contribution is -0.136. The molecular weight excluding hydrogens is 332 g/mol. The standard InChI is InChI=1S/C20H22N2O2S/c1-12-18(13-6-3-2-4-7-13)25-20(21-12)22-19(24)16-10-14-8-5-9-15(11-16)17(14)23/h2-4,6-7,14-16H,5,8-11H2,1H3,(H,21,22,24)/t14-,15+,16?. The van der Waals surface area contributed by atoms with Crippen molar-refractivity contribution >= 4 is 28.2 Å². The summed E-state index contributed by atoms with van der Waals surface area (Å²) in [6.45, 7) is 1.97. The van der Waals surface area contributed by atoms with Crippen LogP contribution in [0, 0.1) is 24.7 Å². The highest BCUT2D eigenvalue weighted by Gasteiger charge is 2.41. The summed E-state index contributed by atoms with van der Waals surface area (Å²) < 4.78 is 0. The zero-order valence-corrected chi connectivity index (χ0v) is 15.1. The van der Waals surface area contributed by atoms with Crippen molar-refractivity contribution in [3.8, 4) is 10.4 Å². The monoisotopic (exact) mass is 354 g/mol. The zero-order chi connectivity index (χ0) is 17.4. The molecule has 5 heteroatoms. The van der Waals surface area contributed by atoms with Crippen LogP contribution < -0.4 is 5.32 Å². The summed E-state index contributed by atoms with van der Waals surface area (Å²) in [5, 5.41) is 3.66. The number of thiazole rings is 1. The number of carbonyl (C=O) groups excluding carboxylic acids is 2. The Hall–Kier alpha value is -2.01. The second-order valence-corrected chi connectivity index (χ2v) is 8.18. The van der Waals surface area contributed by atoms with Gasteiger partial charge in [0.05, 0.1) is 10.6 Å². The van der Waals surface area contributed by atoms with Gasteiger partial charge in [0, 0.05) is 17.8 Å². The molecule has 25 heavy (non-hydrogen) atoms. The minimum absolute atomic E-state index is 0.0257. The topological polar surface area (TPSA) is 59.1 Å². The second kappa shape index (κ2) is 6.71. The maximum atomic E-state index is 12.7. The number of rotatable bonds is 3. The van der Waals surface area contributed by atoms with Gasteiger partial charge in [-0.1, -0.05) is 48.1 Å². The molecule has 0 aliphatic heterocycles. The number of Topliss-reactive ketones (excluding diaryl/α,β-unsaturated/α-hetero) is 1. The highest BCUT2D eigenvalue weighted by atomic mass is 32.1. The van der Waals surface area contributed by atoms with Crippen LogP contribution in [-0.2, 0) is 9.59 Å². The number of nitrogens with one attached hydrogen (secondary N) is 1. The molecule has 1 aromatic carbocycles. The molecule has 4 rings (SSSR count). The van der Waals surface area contributed by atoms with Gasteiger partial charge in [0.1, 0.15) is 5.78 Å². The van der Waals surface area contributed by atoms with E-state index in [1.807, 2.05) is 25.1 Å². The number of hydrogen-bond acceptors (Lipinski definition) is 4. The van der Waals surface area contributed by atoms with E-state index in [1.54, 1.807) is 0 Å². The van der Waals surface area contributed by atoms with Crippen LogP contribution in [0.3, 0.4) is 0 Å². The Kier molecular flexibility index (Phi) is 4.42. The fourth-order valence-corrected chi connectivity index (χ4v) is 5.18. The van der Waals surface area contributed by atoms with Crippen molar-refractivity contribution in [2.24, 2.45) is 17.8 Å². The normalized spacial score (nSPS) is 25.6. The molecule has 1 unspecified atom stereocenters. The van der Waals surface area contributed by atoms with E-state index in [0.717, 1.165) is 35.4 Å². The van der Waals surface area contributed by atoms with Crippen LogP contribution in [0.25, 0.3) is 10.4 Å². The highest BCUT2D eigenvalue weighted by molar-refractivity contribution is 7.19. The number of benzene rings is 1. The van der Waals surface area contributed by atoms with Crippen molar-refractivity contribution in [2.75, 3.05) is 5.32 Å². The molecule has 2 saturated carbocycles. The van der Waals surface area contributed by atoms with Gasteiger partial charge in [-0.2, -0.15) is 0 Å². The number of fused-ring (bicyclic) bond motifs is 2. The van der Waals surface area contributed by atoms with Crippen molar-refractivity contribution in [3.05, 3.63) is 36.0 Å². The summed E-state index contributed by atoms with van der Waals surface area (Å²) in [4.78, 5) is 30.5. The van der Waals surface area contributed by atoms with Gasteiger partial charge in [0.15, 0.2) is 5.13 Å². The van der Waals surface area contributed by atoms with E-state index in [2.05, 4.69) is 22.4 Å². The molecule has 3 atom stereocenters. The van der Waals surface area contributed by atoms with Gasteiger partial charge in [-0.3, -0.25) is 9.59 Å². The molecule has 4 nitrogen and oxygen atoms in total. The van der Waals surface area contributed by atoms with E-state index < -0.39 is 0 Å². The van der Waals surface area contributed by atoms with Gasteiger partial charge >= 0.3 is 0 Å². The zero-order valence-electron chi connectivity index (χ0n) is 14.3. The van der Waals surface area contributed by atoms with Crippen LogP contribution in [0.15, 0.2) is 30.3 Å². The summed E-state index contributed by atoms with van der Waals surface area (Å²) in [7, 11) is 0. The molecular formula is C20H22N2O2S. The van der Waals surface area contributed by atoms with Crippen LogP contribution >= 0.6 is 11.3 Å². The molecule has 1 N–H and O–H groups in total. The van der Waals surface area contributed by atoms with Gasteiger partial charge in [-0.15, -0.1) is 0 Å². The first-order chi connectivity index (χ1) is 12.1. The molecule has 2 bridgehead atoms.